The van der Waals surface area contributed by atoms with Crippen molar-refractivity contribution in [3.05, 3.63) is 41.3 Å². The van der Waals surface area contributed by atoms with E-state index in [1.165, 1.54) is 12.1 Å². The first-order chi connectivity index (χ1) is 9.61. The van der Waals surface area contributed by atoms with E-state index in [2.05, 4.69) is 27.5 Å². The minimum Gasteiger partial charge on any atom is -0.351 e. The van der Waals surface area contributed by atoms with Gasteiger partial charge >= 0.3 is 0 Å². The summed E-state index contributed by atoms with van der Waals surface area (Å²) in [6.07, 6.45) is 2.68. The zero-order chi connectivity index (χ0) is 14.1. The minimum absolute atomic E-state index is 0.283. The molecule has 1 saturated carbocycles. The van der Waals surface area contributed by atoms with Gasteiger partial charge in [-0.2, -0.15) is 4.98 Å². The van der Waals surface area contributed by atoms with Crippen LogP contribution in [0.1, 0.15) is 13.3 Å². The first kappa shape index (κ1) is 13.1. The average Bonchev–Trinajstić information content (AvgIpc) is 3.12. The highest BCUT2D eigenvalue weighted by atomic mass is 35.5. The molecule has 1 heterocycles. The summed E-state index contributed by atoms with van der Waals surface area (Å²) in [5, 5.41) is 6.72. The average molecular weight is 293 g/mol. The minimum atomic E-state index is -0.283. The summed E-state index contributed by atoms with van der Waals surface area (Å²) in [5.41, 5.74) is 0.720. The maximum atomic E-state index is 12.9. The third kappa shape index (κ3) is 2.99. The highest BCUT2D eigenvalue weighted by Gasteiger charge is 2.33. The lowest BCUT2D eigenvalue weighted by molar-refractivity contribution is 0.628. The Hall–Kier alpha value is -1.88. The maximum Gasteiger partial charge on any atom is 0.224 e. The molecule has 104 valence electrons. The molecule has 0 radical (unpaired) electrons. The van der Waals surface area contributed by atoms with Gasteiger partial charge in [0.15, 0.2) is 5.82 Å². The van der Waals surface area contributed by atoms with Crippen molar-refractivity contribution in [2.45, 2.75) is 19.4 Å². The largest absolute Gasteiger partial charge is 0.351 e. The van der Waals surface area contributed by atoms with Gasteiger partial charge in [-0.25, -0.2) is 9.37 Å². The normalized spacial score (nSPS) is 20.6. The highest BCUT2D eigenvalue weighted by Crippen LogP contribution is 2.32. The fourth-order valence-electron chi connectivity index (χ4n) is 1.88. The van der Waals surface area contributed by atoms with Gasteiger partial charge in [-0.3, -0.25) is 0 Å². The van der Waals surface area contributed by atoms with Crippen LogP contribution in [0.15, 0.2) is 30.5 Å². The van der Waals surface area contributed by atoms with Gasteiger partial charge < -0.3 is 10.6 Å². The molecule has 2 unspecified atom stereocenters. The molecule has 1 aromatic carbocycles. The number of aromatic nitrogens is 2. The Morgan fingerprint density at radius 1 is 1.30 bits per heavy atom. The van der Waals surface area contributed by atoms with E-state index in [1.54, 1.807) is 18.3 Å². The van der Waals surface area contributed by atoms with Crippen LogP contribution in [0.25, 0.3) is 0 Å². The van der Waals surface area contributed by atoms with Crippen molar-refractivity contribution >= 4 is 29.1 Å². The molecule has 1 aliphatic carbocycles. The predicted octanol–water partition coefficient (Wildman–Crippen LogP) is 3.83. The van der Waals surface area contributed by atoms with E-state index in [-0.39, 0.29) is 5.82 Å². The summed E-state index contributed by atoms with van der Waals surface area (Å²) in [6.45, 7) is 2.17. The number of anilines is 3. The molecule has 20 heavy (non-hydrogen) atoms. The number of halogens is 2. The molecule has 2 atom stereocenters. The van der Waals surface area contributed by atoms with Crippen molar-refractivity contribution in [2.75, 3.05) is 10.6 Å². The van der Waals surface area contributed by atoms with E-state index in [9.17, 15) is 4.39 Å². The summed E-state index contributed by atoms with van der Waals surface area (Å²) in [6, 6.07) is 6.45. The Morgan fingerprint density at radius 2 is 2.00 bits per heavy atom. The van der Waals surface area contributed by atoms with Crippen LogP contribution in [-0.2, 0) is 0 Å². The van der Waals surface area contributed by atoms with Gasteiger partial charge in [0.25, 0.3) is 0 Å². The fourth-order valence-corrected chi connectivity index (χ4v) is 2.02. The van der Waals surface area contributed by atoms with Gasteiger partial charge in [0, 0.05) is 11.7 Å². The molecule has 1 fully saturated rings. The van der Waals surface area contributed by atoms with E-state index in [0.717, 1.165) is 12.1 Å². The Bertz CT molecular complexity index is 617. The Kier molecular flexibility index (Phi) is 3.44. The fraction of sp³-hybridized carbons (Fsp3) is 0.286. The summed E-state index contributed by atoms with van der Waals surface area (Å²) < 4.78 is 12.9. The molecular weight excluding hydrogens is 279 g/mol. The van der Waals surface area contributed by atoms with E-state index >= 15 is 0 Å². The van der Waals surface area contributed by atoms with Crippen LogP contribution in [-0.4, -0.2) is 16.0 Å². The molecule has 6 heteroatoms. The van der Waals surface area contributed by atoms with Crippen molar-refractivity contribution in [2.24, 2.45) is 5.92 Å². The Morgan fingerprint density at radius 3 is 2.65 bits per heavy atom. The molecular formula is C14H14ClFN4. The smallest absolute Gasteiger partial charge is 0.224 e. The van der Waals surface area contributed by atoms with Crippen molar-refractivity contribution in [3.8, 4) is 0 Å². The molecule has 0 saturated heterocycles. The molecule has 3 rings (SSSR count). The van der Waals surface area contributed by atoms with E-state index in [0.29, 0.717) is 28.7 Å². The number of nitrogens with zero attached hydrogens (tertiary/aromatic N) is 2. The van der Waals surface area contributed by atoms with Crippen LogP contribution < -0.4 is 10.6 Å². The van der Waals surface area contributed by atoms with Gasteiger partial charge in [0.1, 0.15) is 10.8 Å². The van der Waals surface area contributed by atoms with Crippen LogP contribution in [0, 0.1) is 11.7 Å². The molecule has 0 bridgehead atoms. The summed E-state index contributed by atoms with van der Waals surface area (Å²) >= 11 is 6.07. The van der Waals surface area contributed by atoms with Gasteiger partial charge in [0.2, 0.25) is 5.95 Å². The third-order valence-corrected chi connectivity index (χ3v) is 3.55. The Balaban J connectivity index is 1.77. The standard InChI is InChI=1S/C14H14ClFN4/c1-8-6-12(8)19-14-17-7-11(15)13(20-14)18-10-4-2-9(16)3-5-10/h2-5,7-8,12H,6H2,1H3,(H2,17,18,19,20). The summed E-state index contributed by atoms with van der Waals surface area (Å²) in [5.74, 6) is 1.43. The second-order valence-corrected chi connectivity index (χ2v) is 5.39. The van der Waals surface area contributed by atoms with Gasteiger partial charge in [-0.15, -0.1) is 0 Å². The zero-order valence-electron chi connectivity index (χ0n) is 10.9. The first-order valence-corrected chi connectivity index (χ1v) is 6.81. The molecule has 0 amide bonds. The van der Waals surface area contributed by atoms with Gasteiger partial charge in [0.05, 0.1) is 6.20 Å². The topological polar surface area (TPSA) is 49.8 Å². The molecule has 1 aliphatic rings. The quantitative estimate of drug-likeness (QED) is 0.899. The number of hydrogen-bond acceptors (Lipinski definition) is 4. The van der Waals surface area contributed by atoms with Crippen molar-refractivity contribution in [3.63, 3.8) is 0 Å². The monoisotopic (exact) mass is 292 g/mol. The van der Waals surface area contributed by atoms with E-state index < -0.39 is 0 Å². The van der Waals surface area contributed by atoms with Crippen molar-refractivity contribution < 1.29 is 4.39 Å². The molecule has 2 N–H and O–H groups in total. The van der Waals surface area contributed by atoms with Gasteiger partial charge in [-0.1, -0.05) is 18.5 Å². The number of rotatable bonds is 4. The lowest BCUT2D eigenvalue weighted by Crippen LogP contribution is -2.08. The van der Waals surface area contributed by atoms with E-state index in [1.807, 2.05) is 0 Å². The van der Waals surface area contributed by atoms with Crippen LogP contribution >= 0.6 is 11.6 Å². The SMILES string of the molecule is CC1CC1Nc1ncc(Cl)c(Nc2ccc(F)cc2)n1. The molecule has 4 nitrogen and oxygen atoms in total. The zero-order valence-corrected chi connectivity index (χ0v) is 11.7. The lowest BCUT2D eigenvalue weighted by Gasteiger charge is -2.09. The summed E-state index contributed by atoms with van der Waals surface area (Å²) in [4.78, 5) is 8.50. The highest BCUT2D eigenvalue weighted by molar-refractivity contribution is 6.32. The van der Waals surface area contributed by atoms with Crippen LogP contribution in [0.2, 0.25) is 5.02 Å². The summed E-state index contributed by atoms with van der Waals surface area (Å²) in [7, 11) is 0. The maximum absolute atomic E-state index is 12.9. The Labute approximate surface area is 121 Å². The van der Waals surface area contributed by atoms with Crippen LogP contribution in [0.5, 0.6) is 0 Å². The number of benzene rings is 1. The third-order valence-electron chi connectivity index (χ3n) is 3.28. The molecule has 0 aliphatic heterocycles. The molecule has 0 spiro atoms. The van der Waals surface area contributed by atoms with Crippen LogP contribution in [0.4, 0.5) is 21.8 Å². The van der Waals surface area contributed by atoms with Crippen LogP contribution in [0.3, 0.4) is 0 Å². The second-order valence-electron chi connectivity index (χ2n) is 4.99. The number of hydrogen-bond donors (Lipinski definition) is 2. The lowest BCUT2D eigenvalue weighted by atomic mass is 10.3. The van der Waals surface area contributed by atoms with Gasteiger partial charge in [-0.05, 0) is 36.6 Å². The predicted molar refractivity (Wildman–Crippen MR) is 77.9 cm³/mol. The van der Waals surface area contributed by atoms with Crippen molar-refractivity contribution in [1.29, 1.82) is 0 Å². The first-order valence-electron chi connectivity index (χ1n) is 6.43. The van der Waals surface area contributed by atoms with Crippen molar-refractivity contribution in [1.82, 2.24) is 9.97 Å². The second kappa shape index (κ2) is 5.25. The van der Waals surface area contributed by atoms with E-state index in [4.69, 9.17) is 11.6 Å². The molecule has 2 aromatic rings. The number of nitrogens with one attached hydrogen (secondary N) is 2. The molecule has 1 aromatic heterocycles.